The average molecular weight is 238 g/mol. The summed E-state index contributed by atoms with van der Waals surface area (Å²) in [6, 6.07) is 4.66. The van der Waals surface area contributed by atoms with Crippen molar-refractivity contribution >= 4 is 16.5 Å². The highest BCUT2D eigenvalue weighted by atomic mass is 32.1. The first-order valence-corrected chi connectivity index (χ1v) is 5.56. The minimum atomic E-state index is -0.227. The van der Waals surface area contributed by atoms with E-state index in [0.717, 1.165) is 4.88 Å². The summed E-state index contributed by atoms with van der Waals surface area (Å²) >= 11 is 1.38. The molecule has 16 heavy (non-hydrogen) atoms. The van der Waals surface area contributed by atoms with E-state index in [9.17, 15) is 4.39 Å². The summed E-state index contributed by atoms with van der Waals surface area (Å²) in [4.78, 5) is 4.86. The lowest BCUT2D eigenvalue weighted by Gasteiger charge is -2.05. The van der Waals surface area contributed by atoms with E-state index in [1.807, 2.05) is 0 Å². The Balaban J connectivity index is 2.02. The predicted octanol–water partition coefficient (Wildman–Crippen LogP) is 2.75. The molecule has 1 aromatic heterocycles. The molecule has 0 saturated heterocycles. The Morgan fingerprint density at radius 3 is 2.94 bits per heavy atom. The fourth-order valence-electron chi connectivity index (χ4n) is 1.25. The van der Waals surface area contributed by atoms with Gasteiger partial charge in [-0.1, -0.05) is 11.3 Å². The van der Waals surface area contributed by atoms with E-state index >= 15 is 0 Å². The van der Waals surface area contributed by atoms with Crippen LogP contribution in [0.1, 0.15) is 10.4 Å². The molecule has 2 aromatic rings. The van der Waals surface area contributed by atoms with Crippen molar-refractivity contribution in [3.05, 3.63) is 40.7 Å². The zero-order chi connectivity index (χ0) is 11.5. The van der Waals surface area contributed by atoms with E-state index in [1.165, 1.54) is 17.4 Å². The number of aromatic nitrogens is 1. The molecule has 1 heterocycles. The maximum atomic E-state index is 13.0. The van der Waals surface area contributed by atoms with Gasteiger partial charge in [0.25, 0.3) is 0 Å². The molecule has 2 N–H and O–H groups in total. The van der Waals surface area contributed by atoms with Crippen molar-refractivity contribution in [2.45, 2.75) is 13.5 Å². The van der Waals surface area contributed by atoms with Gasteiger partial charge in [-0.2, -0.15) is 0 Å². The molecule has 5 heteroatoms. The fraction of sp³-hybridized carbons (Fsp3) is 0.182. The van der Waals surface area contributed by atoms with Crippen LogP contribution in [0.15, 0.2) is 24.4 Å². The van der Waals surface area contributed by atoms with Crippen LogP contribution in [0.25, 0.3) is 0 Å². The molecule has 0 fully saturated rings. The molecular weight excluding hydrogens is 227 g/mol. The van der Waals surface area contributed by atoms with Gasteiger partial charge in [0.2, 0.25) is 0 Å². The minimum Gasteiger partial charge on any atom is -0.488 e. The first kappa shape index (κ1) is 10.9. The molecule has 0 amide bonds. The highest BCUT2D eigenvalue weighted by molar-refractivity contribution is 7.15. The van der Waals surface area contributed by atoms with Crippen LogP contribution in [-0.4, -0.2) is 4.98 Å². The predicted molar refractivity (Wildman–Crippen MR) is 62.0 cm³/mol. The molecule has 84 valence electrons. The fourth-order valence-corrected chi connectivity index (χ4v) is 1.85. The van der Waals surface area contributed by atoms with Crippen LogP contribution in [0.3, 0.4) is 0 Å². The molecule has 1 aromatic carbocycles. The van der Waals surface area contributed by atoms with Crippen molar-refractivity contribution in [2.75, 3.05) is 5.73 Å². The van der Waals surface area contributed by atoms with Gasteiger partial charge in [0.05, 0.1) is 4.88 Å². The van der Waals surface area contributed by atoms with E-state index in [4.69, 9.17) is 10.5 Å². The number of benzene rings is 1. The van der Waals surface area contributed by atoms with Crippen molar-refractivity contribution < 1.29 is 9.13 Å². The number of ether oxygens (including phenoxy) is 1. The average Bonchev–Trinajstić information content (AvgIpc) is 2.66. The standard InChI is InChI=1S/C11H11FN2OS/c1-7-4-8(2-3-10(7)12)15-6-9-5-14-11(13)16-9/h2-5H,6H2,1H3,(H2,13,14). The molecule has 0 aliphatic carbocycles. The lowest BCUT2D eigenvalue weighted by atomic mass is 10.2. The third kappa shape index (κ3) is 2.49. The molecule has 0 aliphatic rings. The summed E-state index contributed by atoms with van der Waals surface area (Å²) < 4.78 is 18.5. The number of nitrogens with zero attached hydrogens (tertiary/aromatic N) is 1. The minimum absolute atomic E-state index is 0.227. The summed E-state index contributed by atoms with van der Waals surface area (Å²) in [5.41, 5.74) is 6.06. The van der Waals surface area contributed by atoms with Gasteiger partial charge in [0.1, 0.15) is 18.2 Å². The van der Waals surface area contributed by atoms with Crippen molar-refractivity contribution in [1.82, 2.24) is 4.98 Å². The molecule has 3 nitrogen and oxygen atoms in total. The van der Waals surface area contributed by atoms with E-state index in [0.29, 0.717) is 23.1 Å². The Labute approximate surface area is 96.7 Å². The number of halogens is 1. The first-order chi connectivity index (χ1) is 7.65. The number of aryl methyl sites for hydroxylation is 1. The summed E-state index contributed by atoms with van der Waals surface area (Å²) in [7, 11) is 0. The third-order valence-electron chi connectivity index (χ3n) is 2.08. The van der Waals surface area contributed by atoms with Crippen LogP contribution >= 0.6 is 11.3 Å². The van der Waals surface area contributed by atoms with Crippen LogP contribution in [-0.2, 0) is 6.61 Å². The summed E-state index contributed by atoms with van der Waals surface area (Å²) in [5, 5.41) is 0.522. The Morgan fingerprint density at radius 2 is 2.31 bits per heavy atom. The van der Waals surface area contributed by atoms with Crippen LogP contribution in [0.4, 0.5) is 9.52 Å². The van der Waals surface area contributed by atoms with Crippen LogP contribution in [0, 0.1) is 12.7 Å². The maximum Gasteiger partial charge on any atom is 0.180 e. The Morgan fingerprint density at radius 1 is 1.50 bits per heavy atom. The molecule has 2 rings (SSSR count). The van der Waals surface area contributed by atoms with Gasteiger partial charge in [0.15, 0.2) is 5.13 Å². The second kappa shape index (κ2) is 4.49. The maximum absolute atomic E-state index is 13.0. The molecule has 0 radical (unpaired) electrons. The van der Waals surface area contributed by atoms with E-state index in [1.54, 1.807) is 25.3 Å². The number of rotatable bonds is 3. The van der Waals surface area contributed by atoms with Gasteiger partial charge in [-0.3, -0.25) is 0 Å². The van der Waals surface area contributed by atoms with Crippen molar-refractivity contribution in [1.29, 1.82) is 0 Å². The number of anilines is 1. The molecule has 0 aliphatic heterocycles. The van der Waals surface area contributed by atoms with Crippen molar-refractivity contribution in [3.63, 3.8) is 0 Å². The molecule has 0 atom stereocenters. The summed E-state index contributed by atoms with van der Waals surface area (Å²) in [6.45, 7) is 2.10. The number of hydrogen-bond acceptors (Lipinski definition) is 4. The van der Waals surface area contributed by atoms with Crippen LogP contribution in [0.5, 0.6) is 5.75 Å². The molecule has 0 spiro atoms. The zero-order valence-corrected chi connectivity index (χ0v) is 9.55. The Hall–Kier alpha value is -1.62. The van der Waals surface area contributed by atoms with E-state index in [-0.39, 0.29) is 5.82 Å². The second-order valence-electron chi connectivity index (χ2n) is 3.36. The smallest absolute Gasteiger partial charge is 0.180 e. The monoisotopic (exact) mass is 238 g/mol. The first-order valence-electron chi connectivity index (χ1n) is 4.74. The van der Waals surface area contributed by atoms with Crippen molar-refractivity contribution in [3.8, 4) is 5.75 Å². The number of thiazole rings is 1. The Kier molecular flexibility index (Phi) is 3.05. The van der Waals surface area contributed by atoms with Gasteiger partial charge in [0, 0.05) is 6.20 Å². The Bertz CT molecular complexity index is 498. The normalized spacial score (nSPS) is 10.4. The summed E-state index contributed by atoms with van der Waals surface area (Å²) in [5.74, 6) is 0.417. The molecule has 0 bridgehead atoms. The third-order valence-corrected chi connectivity index (χ3v) is 2.88. The topological polar surface area (TPSA) is 48.1 Å². The SMILES string of the molecule is Cc1cc(OCc2cnc(N)s2)ccc1F. The van der Waals surface area contributed by atoms with Gasteiger partial charge >= 0.3 is 0 Å². The molecule has 0 unspecified atom stereocenters. The number of nitrogens with two attached hydrogens (primary N) is 1. The van der Waals surface area contributed by atoms with E-state index < -0.39 is 0 Å². The molecule has 0 saturated carbocycles. The van der Waals surface area contributed by atoms with Crippen LogP contribution < -0.4 is 10.5 Å². The number of nitrogen functional groups attached to an aromatic ring is 1. The highest BCUT2D eigenvalue weighted by Crippen LogP contribution is 2.20. The quantitative estimate of drug-likeness (QED) is 0.894. The zero-order valence-electron chi connectivity index (χ0n) is 8.74. The summed E-state index contributed by atoms with van der Waals surface area (Å²) in [6.07, 6.45) is 1.68. The largest absolute Gasteiger partial charge is 0.488 e. The van der Waals surface area contributed by atoms with Crippen LogP contribution in [0.2, 0.25) is 0 Å². The lowest BCUT2D eigenvalue weighted by Crippen LogP contribution is -1.94. The second-order valence-corrected chi connectivity index (χ2v) is 4.51. The van der Waals surface area contributed by atoms with Gasteiger partial charge in [-0.05, 0) is 30.7 Å². The van der Waals surface area contributed by atoms with Gasteiger partial charge in [-0.25, -0.2) is 9.37 Å². The lowest BCUT2D eigenvalue weighted by molar-refractivity contribution is 0.309. The van der Waals surface area contributed by atoms with Gasteiger partial charge < -0.3 is 10.5 Å². The van der Waals surface area contributed by atoms with Gasteiger partial charge in [-0.15, -0.1) is 0 Å². The molecular formula is C11H11FN2OS. The van der Waals surface area contributed by atoms with E-state index in [2.05, 4.69) is 4.98 Å². The number of hydrogen-bond donors (Lipinski definition) is 1. The highest BCUT2D eigenvalue weighted by Gasteiger charge is 2.02. The van der Waals surface area contributed by atoms with Crippen molar-refractivity contribution in [2.24, 2.45) is 0 Å².